The molecule has 3 aromatic carbocycles. The minimum absolute atomic E-state index is 0.0424. The topological polar surface area (TPSA) is 70.9 Å². The van der Waals surface area contributed by atoms with Crippen LogP contribution in [0.3, 0.4) is 0 Å². The summed E-state index contributed by atoms with van der Waals surface area (Å²) in [6.07, 6.45) is 1.57. The highest BCUT2D eigenvalue weighted by Gasteiger charge is 2.09. The van der Waals surface area contributed by atoms with Gasteiger partial charge < -0.3 is 15.2 Å². The van der Waals surface area contributed by atoms with Crippen molar-refractivity contribution >= 4 is 39.4 Å². The molecule has 0 saturated heterocycles. The van der Waals surface area contributed by atoms with Crippen LogP contribution in [0.2, 0.25) is 0 Å². The zero-order chi connectivity index (χ0) is 20.8. The van der Waals surface area contributed by atoms with E-state index in [9.17, 15) is 9.90 Å². The monoisotopic (exact) mass is 452 g/mol. The summed E-state index contributed by atoms with van der Waals surface area (Å²) in [5.41, 5.74) is 3.56. The van der Waals surface area contributed by atoms with Crippen LogP contribution in [0.4, 0.5) is 11.4 Å². The fourth-order valence-electron chi connectivity index (χ4n) is 2.72. The number of nitrogens with one attached hydrogen (secondary N) is 1. The molecule has 0 aliphatic carbocycles. The molecule has 3 aromatic rings. The van der Waals surface area contributed by atoms with E-state index in [2.05, 4.69) is 26.2 Å². The predicted octanol–water partition coefficient (Wildman–Crippen LogP) is 5.86. The molecule has 1 amide bonds. The number of hydrogen-bond donors (Lipinski definition) is 2. The van der Waals surface area contributed by atoms with Crippen LogP contribution in [0.25, 0.3) is 0 Å². The molecule has 0 saturated carbocycles. The Balaban J connectivity index is 1.72. The van der Waals surface area contributed by atoms with Crippen molar-refractivity contribution in [3.63, 3.8) is 0 Å². The van der Waals surface area contributed by atoms with Crippen LogP contribution in [0.15, 0.2) is 70.1 Å². The van der Waals surface area contributed by atoms with Crippen molar-refractivity contribution in [2.75, 3.05) is 11.9 Å². The van der Waals surface area contributed by atoms with Crippen molar-refractivity contribution in [2.45, 2.75) is 13.8 Å². The van der Waals surface area contributed by atoms with Crippen molar-refractivity contribution in [1.29, 1.82) is 0 Å². The summed E-state index contributed by atoms with van der Waals surface area (Å²) in [7, 11) is 0. The number of halogens is 1. The minimum Gasteiger partial charge on any atom is -0.504 e. The third kappa shape index (κ3) is 5.45. The second-order valence-corrected chi connectivity index (χ2v) is 7.32. The Kier molecular flexibility index (Phi) is 6.67. The van der Waals surface area contributed by atoms with Gasteiger partial charge in [-0.2, -0.15) is 0 Å². The molecule has 3 rings (SSSR count). The highest BCUT2D eigenvalue weighted by Crippen LogP contribution is 2.33. The number of aliphatic imine (C=N–C) groups is 1. The molecule has 0 bridgehead atoms. The van der Waals surface area contributed by atoms with Gasteiger partial charge in [-0.15, -0.1) is 0 Å². The number of phenols is 1. The number of benzene rings is 3. The molecule has 0 radical (unpaired) electrons. The maximum Gasteiger partial charge on any atom is 0.255 e. The fraction of sp³-hybridized carbons (Fsp3) is 0.130. The van der Waals surface area contributed by atoms with Crippen molar-refractivity contribution in [3.8, 4) is 11.5 Å². The van der Waals surface area contributed by atoms with Gasteiger partial charge in [-0.3, -0.25) is 9.79 Å². The molecule has 0 aliphatic heterocycles. The van der Waals surface area contributed by atoms with Gasteiger partial charge in [-0.25, -0.2) is 0 Å². The lowest BCUT2D eigenvalue weighted by atomic mass is 10.1. The molecule has 0 heterocycles. The number of ether oxygens (including phenoxy) is 1. The summed E-state index contributed by atoms with van der Waals surface area (Å²) in [6, 6.07) is 18.1. The molecule has 0 spiro atoms. The van der Waals surface area contributed by atoms with E-state index in [0.29, 0.717) is 34.9 Å². The molecular formula is C23H21BrN2O3. The Bertz CT molecular complexity index is 1050. The maximum absolute atomic E-state index is 12.3. The first-order valence-corrected chi connectivity index (χ1v) is 9.93. The Hall–Kier alpha value is -3.12. The Morgan fingerprint density at radius 1 is 1.17 bits per heavy atom. The molecule has 2 N–H and O–H groups in total. The summed E-state index contributed by atoms with van der Waals surface area (Å²) < 4.78 is 6.21. The average Bonchev–Trinajstić information content (AvgIpc) is 2.70. The third-order valence-electron chi connectivity index (χ3n) is 4.13. The molecule has 0 aliphatic rings. The molecule has 0 unspecified atom stereocenters. The van der Waals surface area contributed by atoms with Gasteiger partial charge in [0.1, 0.15) is 0 Å². The van der Waals surface area contributed by atoms with Gasteiger partial charge >= 0.3 is 0 Å². The molecule has 0 atom stereocenters. The van der Waals surface area contributed by atoms with Gasteiger partial charge in [0, 0.05) is 27.5 Å². The first-order chi connectivity index (χ1) is 14.0. The largest absolute Gasteiger partial charge is 0.504 e. The minimum atomic E-state index is -0.160. The number of anilines is 1. The van der Waals surface area contributed by atoms with Gasteiger partial charge in [-0.05, 0) is 62.4 Å². The van der Waals surface area contributed by atoms with Crippen molar-refractivity contribution in [1.82, 2.24) is 0 Å². The normalized spacial score (nSPS) is 10.9. The summed E-state index contributed by atoms with van der Waals surface area (Å²) in [5, 5.41) is 13.2. The zero-order valence-corrected chi connectivity index (χ0v) is 17.7. The summed E-state index contributed by atoms with van der Waals surface area (Å²) in [6.45, 7) is 4.26. The number of carbonyl (C=O) groups excluding carboxylic acids is 1. The number of aromatic hydroxyl groups is 1. The van der Waals surface area contributed by atoms with E-state index >= 15 is 0 Å². The van der Waals surface area contributed by atoms with Gasteiger partial charge in [-0.1, -0.05) is 33.6 Å². The summed E-state index contributed by atoms with van der Waals surface area (Å²) in [5.74, 6) is 0.283. The zero-order valence-electron chi connectivity index (χ0n) is 16.1. The van der Waals surface area contributed by atoms with E-state index in [0.717, 1.165) is 10.0 Å². The van der Waals surface area contributed by atoms with E-state index < -0.39 is 0 Å². The molecular weight excluding hydrogens is 432 g/mol. The highest BCUT2D eigenvalue weighted by molar-refractivity contribution is 9.10. The Labute approximate surface area is 178 Å². The molecule has 148 valence electrons. The van der Waals surface area contributed by atoms with Crippen LogP contribution >= 0.6 is 15.9 Å². The Morgan fingerprint density at radius 3 is 2.62 bits per heavy atom. The third-order valence-corrected chi connectivity index (χ3v) is 4.59. The van der Waals surface area contributed by atoms with Gasteiger partial charge in [0.2, 0.25) is 0 Å². The number of rotatable bonds is 6. The van der Waals surface area contributed by atoms with Crippen molar-refractivity contribution in [3.05, 3.63) is 81.8 Å². The lowest BCUT2D eigenvalue weighted by Gasteiger charge is -2.09. The number of nitrogens with zero attached hydrogens (tertiary/aromatic N) is 1. The van der Waals surface area contributed by atoms with Crippen LogP contribution in [-0.4, -0.2) is 23.8 Å². The Morgan fingerprint density at radius 2 is 1.93 bits per heavy atom. The van der Waals surface area contributed by atoms with Gasteiger partial charge in [0.15, 0.2) is 11.5 Å². The van der Waals surface area contributed by atoms with Crippen LogP contribution in [0, 0.1) is 6.92 Å². The molecule has 6 heteroatoms. The number of amides is 1. The number of hydrogen-bond acceptors (Lipinski definition) is 4. The van der Waals surface area contributed by atoms with Crippen LogP contribution in [0.5, 0.6) is 11.5 Å². The average molecular weight is 453 g/mol. The SMILES string of the molecule is CCOc1cc(Br)cc(C=Nc2ccc(NC(=O)c3cccc(C)c3)cc2)c1O. The lowest BCUT2D eigenvalue weighted by molar-refractivity contribution is 0.102. The van der Waals surface area contributed by atoms with E-state index in [1.165, 1.54) is 0 Å². The van der Waals surface area contributed by atoms with E-state index in [4.69, 9.17) is 4.74 Å². The standard InChI is InChI=1S/C23H21BrN2O3/c1-3-29-21-13-18(24)12-17(22(21)27)14-25-19-7-9-20(10-8-19)26-23(28)16-6-4-5-15(2)11-16/h4-14,27H,3H2,1-2H3,(H,26,28). The molecule has 29 heavy (non-hydrogen) atoms. The van der Waals surface area contributed by atoms with E-state index in [1.54, 1.807) is 48.7 Å². The van der Waals surface area contributed by atoms with E-state index in [1.807, 2.05) is 32.0 Å². The highest BCUT2D eigenvalue weighted by atomic mass is 79.9. The molecule has 5 nitrogen and oxygen atoms in total. The second-order valence-electron chi connectivity index (χ2n) is 6.40. The number of aryl methyl sites for hydroxylation is 1. The van der Waals surface area contributed by atoms with Crippen molar-refractivity contribution in [2.24, 2.45) is 4.99 Å². The quantitative estimate of drug-likeness (QED) is 0.459. The van der Waals surface area contributed by atoms with Crippen LogP contribution in [0.1, 0.15) is 28.4 Å². The smallest absolute Gasteiger partial charge is 0.255 e. The summed E-state index contributed by atoms with van der Waals surface area (Å²) >= 11 is 3.41. The fourth-order valence-corrected chi connectivity index (χ4v) is 3.18. The second kappa shape index (κ2) is 9.39. The van der Waals surface area contributed by atoms with Crippen molar-refractivity contribution < 1.29 is 14.6 Å². The number of carbonyl (C=O) groups is 1. The first kappa shape index (κ1) is 20.6. The lowest BCUT2D eigenvalue weighted by Crippen LogP contribution is -2.11. The van der Waals surface area contributed by atoms with Crippen LogP contribution < -0.4 is 10.1 Å². The van der Waals surface area contributed by atoms with E-state index in [-0.39, 0.29) is 11.7 Å². The van der Waals surface area contributed by atoms with Gasteiger partial charge in [0.05, 0.1) is 12.3 Å². The summed E-state index contributed by atoms with van der Waals surface area (Å²) in [4.78, 5) is 16.7. The molecule has 0 aromatic heterocycles. The van der Waals surface area contributed by atoms with Crippen LogP contribution in [-0.2, 0) is 0 Å². The number of phenolic OH excluding ortho intramolecular Hbond substituents is 1. The first-order valence-electron chi connectivity index (χ1n) is 9.13. The molecule has 0 fully saturated rings. The van der Waals surface area contributed by atoms with Gasteiger partial charge in [0.25, 0.3) is 5.91 Å². The predicted molar refractivity (Wildman–Crippen MR) is 120 cm³/mol. The maximum atomic E-state index is 12.3.